The van der Waals surface area contributed by atoms with Crippen LogP contribution in [-0.2, 0) is 0 Å². The van der Waals surface area contributed by atoms with Crippen LogP contribution in [0.2, 0.25) is 5.02 Å². The van der Waals surface area contributed by atoms with Crippen LogP contribution in [0.4, 0.5) is 10.1 Å². The van der Waals surface area contributed by atoms with E-state index in [1.807, 2.05) is 24.5 Å². The molecule has 0 radical (unpaired) electrons. The largest absolute Gasteiger partial charge is 0.454 e. The van der Waals surface area contributed by atoms with Crippen LogP contribution in [-0.4, -0.2) is 36.2 Å². The Morgan fingerprint density at radius 1 is 1.19 bits per heavy atom. The summed E-state index contributed by atoms with van der Waals surface area (Å²) in [5.41, 5.74) is 1.83. The fourth-order valence-corrected chi connectivity index (χ4v) is 4.55. The van der Waals surface area contributed by atoms with E-state index in [1.165, 1.54) is 12.1 Å². The zero-order valence-electron chi connectivity index (χ0n) is 15.1. The summed E-state index contributed by atoms with van der Waals surface area (Å²) in [6.45, 7) is 4.13. The highest BCUT2D eigenvalue weighted by Crippen LogP contribution is 2.39. The van der Waals surface area contributed by atoms with Crippen molar-refractivity contribution in [3.05, 3.63) is 52.8 Å². The Labute approximate surface area is 167 Å². The molecular formula is C20H20ClFN2O2S. The van der Waals surface area contributed by atoms with Crippen molar-refractivity contribution >= 4 is 34.2 Å². The van der Waals surface area contributed by atoms with E-state index < -0.39 is 0 Å². The summed E-state index contributed by atoms with van der Waals surface area (Å²) in [5, 5.41) is 1.44. The Morgan fingerprint density at radius 3 is 2.78 bits per heavy atom. The van der Waals surface area contributed by atoms with E-state index in [2.05, 4.69) is 11.8 Å². The number of halogens is 2. The maximum atomic E-state index is 13.4. The number of aliphatic imine (C=N–C) groups is 1. The lowest BCUT2D eigenvalue weighted by atomic mass is 9.90. The molecule has 142 valence electrons. The summed E-state index contributed by atoms with van der Waals surface area (Å²) in [7, 11) is 0. The van der Waals surface area contributed by atoms with E-state index in [0.29, 0.717) is 10.9 Å². The van der Waals surface area contributed by atoms with Crippen molar-refractivity contribution in [2.75, 3.05) is 26.1 Å². The molecule has 2 heterocycles. The second kappa shape index (κ2) is 7.60. The molecule has 2 atom stereocenters. The molecule has 0 aromatic heterocycles. The zero-order valence-corrected chi connectivity index (χ0v) is 16.7. The predicted molar refractivity (Wildman–Crippen MR) is 108 cm³/mol. The lowest BCUT2D eigenvalue weighted by Crippen LogP contribution is -2.26. The molecule has 2 aliphatic rings. The van der Waals surface area contributed by atoms with Gasteiger partial charge in [-0.25, -0.2) is 9.38 Å². The molecule has 4 rings (SSSR count). The molecule has 2 aromatic carbocycles. The van der Waals surface area contributed by atoms with Crippen LogP contribution in [0, 0.1) is 11.7 Å². The number of hydrogen-bond donors (Lipinski definition) is 0. The first kappa shape index (κ1) is 18.4. The van der Waals surface area contributed by atoms with Gasteiger partial charge >= 0.3 is 0 Å². The minimum atomic E-state index is -0.305. The van der Waals surface area contributed by atoms with Crippen molar-refractivity contribution in [1.29, 1.82) is 0 Å². The zero-order chi connectivity index (χ0) is 19.0. The molecule has 4 nitrogen and oxygen atoms in total. The Kier molecular flexibility index (Phi) is 5.19. The van der Waals surface area contributed by atoms with E-state index in [1.54, 1.807) is 17.8 Å². The van der Waals surface area contributed by atoms with Crippen LogP contribution < -0.4 is 9.47 Å². The maximum Gasteiger partial charge on any atom is 0.231 e. The summed E-state index contributed by atoms with van der Waals surface area (Å²) in [6.07, 6.45) is 2.02. The van der Waals surface area contributed by atoms with Gasteiger partial charge in [0.25, 0.3) is 0 Å². The molecule has 0 bridgehead atoms. The fraction of sp³-hybridized carbons (Fsp3) is 0.350. The molecule has 0 saturated carbocycles. The summed E-state index contributed by atoms with van der Waals surface area (Å²) < 4.78 is 24.2. The summed E-state index contributed by atoms with van der Waals surface area (Å²) in [5.74, 6) is 1.80. The number of amidine groups is 1. The van der Waals surface area contributed by atoms with Gasteiger partial charge in [-0.1, -0.05) is 36.4 Å². The lowest BCUT2D eigenvalue weighted by molar-refractivity contribution is 0.174. The van der Waals surface area contributed by atoms with Crippen molar-refractivity contribution in [2.45, 2.75) is 12.8 Å². The number of likely N-dealkylation sites (tertiary alicyclic amines) is 1. The van der Waals surface area contributed by atoms with Crippen molar-refractivity contribution in [2.24, 2.45) is 10.9 Å². The summed E-state index contributed by atoms with van der Waals surface area (Å²) in [4.78, 5) is 7.08. The first-order chi connectivity index (χ1) is 13.0. The fourth-order valence-electron chi connectivity index (χ4n) is 3.64. The Bertz CT molecular complexity index is 892. The highest BCUT2D eigenvalue weighted by molar-refractivity contribution is 8.13. The van der Waals surface area contributed by atoms with Gasteiger partial charge in [0.05, 0.1) is 5.69 Å². The SMILES string of the molecule is CSC(=Nc1ccc2c(c1)OCO2)N1C[C@H](c2ccc(F)cc2Cl)[C@@H](C)C1. The van der Waals surface area contributed by atoms with Gasteiger partial charge in [0, 0.05) is 30.1 Å². The van der Waals surface area contributed by atoms with Gasteiger partial charge in [0.2, 0.25) is 6.79 Å². The molecule has 0 N–H and O–H groups in total. The molecule has 0 aliphatic carbocycles. The van der Waals surface area contributed by atoms with Gasteiger partial charge in [-0.3, -0.25) is 0 Å². The van der Waals surface area contributed by atoms with Crippen molar-refractivity contribution in [1.82, 2.24) is 4.90 Å². The van der Waals surface area contributed by atoms with Gasteiger partial charge in [-0.05, 0) is 42.0 Å². The van der Waals surface area contributed by atoms with E-state index >= 15 is 0 Å². The molecular weight excluding hydrogens is 387 g/mol. The molecule has 0 amide bonds. The summed E-state index contributed by atoms with van der Waals surface area (Å²) >= 11 is 7.91. The number of hydrogen-bond acceptors (Lipinski definition) is 4. The molecule has 27 heavy (non-hydrogen) atoms. The van der Waals surface area contributed by atoms with Crippen molar-refractivity contribution in [3.8, 4) is 11.5 Å². The number of thioether (sulfide) groups is 1. The van der Waals surface area contributed by atoms with E-state index in [9.17, 15) is 4.39 Å². The van der Waals surface area contributed by atoms with Crippen molar-refractivity contribution in [3.63, 3.8) is 0 Å². The summed E-state index contributed by atoms with van der Waals surface area (Å²) in [6, 6.07) is 10.4. The van der Waals surface area contributed by atoms with Gasteiger partial charge < -0.3 is 14.4 Å². The predicted octanol–water partition coefficient (Wildman–Crippen LogP) is 5.29. The highest BCUT2D eigenvalue weighted by atomic mass is 35.5. The lowest BCUT2D eigenvalue weighted by Gasteiger charge is -2.19. The molecule has 2 aromatic rings. The maximum absolute atomic E-state index is 13.4. The third-order valence-electron chi connectivity index (χ3n) is 5.01. The first-order valence-corrected chi connectivity index (χ1v) is 10.4. The topological polar surface area (TPSA) is 34.1 Å². The average Bonchev–Trinajstić information content (AvgIpc) is 3.26. The van der Waals surface area contributed by atoms with E-state index in [0.717, 1.165) is 41.0 Å². The van der Waals surface area contributed by atoms with Crippen molar-refractivity contribution < 1.29 is 13.9 Å². The molecule has 7 heteroatoms. The molecule has 2 aliphatic heterocycles. The van der Waals surface area contributed by atoms with Crippen LogP contribution in [0.5, 0.6) is 11.5 Å². The third-order valence-corrected chi connectivity index (χ3v) is 6.05. The number of nitrogens with zero attached hydrogens (tertiary/aromatic N) is 2. The second-order valence-electron chi connectivity index (χ2n) is 6.79. The van der Waals surface area contributed by atoms with Crippen LogP contribution >= 0.6 is 23.4 Å². The smallest absolute Gasteiger partial charge is 0.231 e. The van der Waals surface area contributed by atoms with Crippen LogP contribution in [0.15, 0.2) is 41.4 Å². The molecule has 1 fully saturated rings. The van der Waals surface area contributed by atoms with E-state index in [-0.39, 0.29) is 18.5 Å². The average molecular weight is 407 g/mol. The number of rotatable bonds is 2. The Morgan fingerprint density at radius 2 is 2.00 bits per heavy atom. The van der Waals surface area contributed by atoms with Crippen LogP contribution in [0.1, 0.15) is 18.4 Å². The minimum absolute atomic E-state index is 0.243. The van der Waals surface area contributed by atoms with Gasteiger partial charge in [-0.2, -0.15) is 0 Å². The molecule has 0 spiro atoms. The quantitative estimate of drug-likeness (QED) is 0.501. The van der Waals surface area contributed by atoms with Gasteiger partial charge in [0.15, 0.2) is 16.7 Å². The first-order valence-electron chi connectivity index (χ1n) is 8.77. The standard InChI is InChI=1S/C20H20ClFN2O2S/c1-12-9-24(10-16(12)15-5-3-13(22)7-17(15)21)20(27-2)23-14-4-6-18-19(8-14)26-11-25-18/h3-8,12,16H,9-11H2,1-2H3/t12-,16-/m0/s1. The monoisotopic (exact) mass is 406 g/mol. The van der Waals surface area contributed by atoms with E-state index in [4.69, 9.17) is 26.1 Å². The minimum Gasteiger partial charge on any atom is -0.454 e. The third kappa shape index (κ3) is 3.73. The highest BCUT2D eigenvalue weighted by Gasteiger charge is 2.33. The van der Waals surface area contributed by atoms with Gasteiger partial charge in [-0.15, -0.1) is 0 Å². The Balaban J connectivity index is 1.57. The normalized spacial score (nSPS) is 21.8. The Hall–Kier alpha value is -1.92. The number of benzene rings is 2. The number of fused-ring (bicyclic) bond motifs is 1. The van der Waals surface area contributed by atoms with Crippen LogP contribution in [0.25, 0.3) is 0 Å². The van der Waals surface area contributed by atoms with Crippen LogP contribution in [0.3, 0.4) is 0 Å². The number of ether oxygens (including phenoxy) is 2. The second-order valence-corrected chi connectivity index (χ2v) is 7.97. The molecule has 0 unspecified atom stereocenters. The molecule has 1 saturated heterocycles. The van der Waals surface area contributed by atoms with Gasteiger partial charge in [0.1, 0.15) is 5.82 Å².